The third kappa shape index (κ3) is 3.24. The molecular weight excluding hydrogens is 254 g/mol. The summed E-state index contributed by atoms with van der Waals surface area (Å²) in [6.45, 7) is 2.07. The molecule has 4 nitrogen and oxygen atoms in total. The maximum absolute atomic E-state index is 11.9. The number of rotatable bonds is 5. The van der Waals surface area contributed by atoms with Gasteiger partial charge in [-0.2, -0.15) is 4.98 Å². The monoisotopic (exact) mass is 266 g/mol. The molecule has 1 atom stereocenters. The van der Waals surface area contributed by atoms with Crippen LogP contribution in [-0.2, 0) is 11.2 Å². The van der Waals surface area contributed by atoms with Crippen molar-refractivity contribution >= 4 is 22.5 Å². The Labute approximate surface area is 107 Å². The molecule has 2 aromatic rings. The van der Waals surface area contributed by atoms with Gasteiger partial charge in [-0.25, -0.2) is 4.98 Å². The molecule has 17 heavy (non-hydrogen) atoms. The Morgan fingerprint density at radius 2 is 2.29 bits per heavy atom. The fourth-order valence-corrected chi connectivity index (χ4v) is 2.89. The zero-order chi connectivity index (χ0) is 12.1. The number of unbranched alkanes of at least 4 members (excludes halogenated alkanes) is 1. The highest BCUT2D eigenvalue weighted by molar-refractivity contribution is 7.91. The summed E-state index contributed by atoms with van der Waals surface area (Å²) >= 11 is 0.319. The molecule has 0 aliphatic rings. The molecule has 0 N–H and O–H groups in total. The van der Waals surface area contributed by atoms with Crippen molar-refractivity contribution in [2.24, 2.45) is 0 Å². The van der Waals surface area contributed by atoms with Gasteiger partial charge in [0.05, 0.1) is 6.20 Å². The second-order valence-corrected chi connectivity index (χ2v) is 5.64. The first kappa shape index (κ1) is 12.5. The van der Waals surface area contributed by atoms with E-state index < -0.39 is 11.2 Å². The summed E-state index contributed by atoms with van der Waals surface area (Å²) in [4.78, 5) is 12.4. The van der Waals surface area contributed by atoms with Gasteiger partial charge >= 0.3 is 0 Å². The van der Waals surface area contributed by atoms with E-state index in [9.17, 15) is 4.55 Å². The van der Waals surface area contributed by atoms with Crippen LogP contribution in [0, 0.1) is 5.51 Å². The normalized spacial score (nSPS) is 12.6. The number of aromatic nitrogens is 3. The lowest BCUT2D eigenvalue weighted by Crippen LogP contribution is -2.09. The summed E-state index contributed by atoms with van der Waals surface area (Å²) in [5.41, 5.74) is 4.15. The Morgan fingerprint density at radius 3 is 3.00 bits per heavy atom. The van der Waals surface area contributed by atoms with Crippen molar-refractivity contribution in [3.05, 3.63) is 23.3 Å². The van der Waals surface area contributed by atoms with E-state index in [0.717, 1.165) is 18.5 Å². The highest BCUT2D eigenvalue weighted by Crippen LogP contribution is 2.17. The lowest BCUT2D eigenvalue weighted by atomic mass is 10.4. The highest BCUT2D eigenvalue weighted by Gasteiger charge is 2.14. The van der Waals surface area contributed by atoms with E-state index in [1.165, 1.54) is 11.3 Å². The number of thiazole rings is 1. The molecule has 0 fully saturated rings. The SMILES string of the molecule is CCCC[S+]([O-])c1cncc(-c2cs[c]n2)n1. The van der Waals surface area contributed by atoms with Gasteiger partial charge in [-0.3, -0.25) is 4.98 Å². The van der Waals surface area contributed by atoms with Crippen LogP contribution in [0.25, 0.3) is 11.4 Å². The van der Waals surface area contributed by atoms with Gasteiger partial charge in [0.1, 0.15) is 23.3 Å². The van der Waals surface area contributed by atoms with Crippen molar-refractivity contribution in [2.45, 2.75) is 24.8 Å². The number of nitrogens with zero attached hydrogens (tertiary/aromatic N) is 3. The van der Waals surface area contributed by atoms with Gasteiger partial charge in [0.2, 0.25) is 0 Å². The molecule has 0 aromatic carbocycles. The smallest absolute Gasteiger partial charge is 0.263 e. The van der Waals surface area contributed by atoms with E-state index in [0.29, 0.717) is 16.5 Å². The minimum atomic E-state index is -1.06. The Morgan fingerprint density at radius 1 is 1.41 bits per heavy atom. The molecule has 89 valence electrons. The summed E-state index contributed by atoms with van der Waals surface area (Å²) in [5.74, 6) is 0.637. The number of hydrogen-bond acceptors (Lipinski definition) is 5. The Hall–Kier alpha value is -0.980. The fourth-order valence-electron chi connectivity index (χ4n) is 1.26. The fraction of sp³-hybridized carbons (Fsp3) is 0.364. The first-order chi connectivity index (χ1) is 8.31. The minimum absolute atomic E-state index is 0.531. The van der Waals surface area contributed by atoms with Crippen LogP contribution in [0.5, 0.6) is 0 Å². The average Bonchev–Trinajstić information content (AvgIpc) is 2.90. The van der Waals surface area contributed by atoms with Gasteiger partial charge in [-0.1, -0.05) is 13.3 Å². The summed E-state index contributed by atoms with van der Waals surface area (Å²) in [6, 6.07) is 0. The van der Waals surface area contributed by atoms with Gasteiger partial charge in [0, 0.05) is 16.6 Å². The zero-order valence-corrected chi connectivity index (χ0v) is 11.1. The molecule has 0 amide bonds. The van der Waals surface area contributed by atoms with Gasteiger partial charge in [0.25, 0.3) is 5.03 Å². The van der Waals surface area contributed by atoms with Crippen LogP contribution in [0.1, 0.15) is 19.8 Å². The molecule has 0 saturated heterocycles. The van der Waals surface area contributed by atoms with Gasteiger partial charge in [-0.05, 0) is 6.42 Å². The van der Waals surface area contributed by atoms with E-state index in [1.54, 1.807) is 12.4 Å². The summed E-state index contributed by atoms with van der Waals surface area (Å²) in [6.07, 6.45) is 5.15. The molecule has 0 spiro atoms. The minimum Gasteiger partial charge on any atom is -0.610 e. The third-order valence-electron chi connectivity index (χ3n) is 2.18. The molecule has 1 unspecified atom stereocenters. The first-order valence-electron chi connectivity index (χ1n) is 5.33. The lowest BCUT2D eigenvalue weighted by Gasteiger charge is -2.08. The van der Waals surface area contributed by atoms with Crippen LogP contribution in [0.3, 0.4) is 0 Å². The van der Waals surface area contributed by atoms with Gasteiger partial charge in [0.15, 0.2) is 5.51 Å². The van der Waals surface area contributed by atoms with Crippen molar-refractivity contribution in [2.75, 3.05) is 5.75 Å². The van der Waals surface area contributed by atoms with E-state index in [-0.39, 0.29) is 0 Å². The molecule has 0 bridgehead atoms. The molecule has 0 aliphatic carbocycles. The largest absolute Gasteiger partial charge is 0.610 e. The summed E-state index contributed by atoms with van der Waals surface area (Å²) in [7, 11) is 0. The van der Waals surface area contributed by atoms with Crippen LogP contribution in [0.2, 0.25) is 0 Å². The number of hydrogen-bond donors (Lipinski definition) is 0. The highest BCUT2D eigenvalue weighted by atomic mass is 32.2. The van der Waals surface area contributed by atoms with Crippen LogP contribution < -0.4 is 0 Å². The van der Waals surface area contributed by atoms with Crippen LogP contribution in [0.15, 0.2) is 22.8 Å². The van der Waals surface area contributed by atoms with Crippen LogP contribution in [-0.4, -0.2) is 25.3 Å². The van der Waals surface area contributed by atoms with Crippen molar-refractivity contribution in [3.63, 3.8) is 0 Å². The maximum atomic E-state index is 11.9. The third-order valence-corrected chi connectivity index (χ3v) is 4.04. The zero-order valence-electron chi connectivity index (χ0n) is 9.42. The van der Waals surface area contributed by atoms with Gasteiger partial charge in [-0.15, -0.1) is 11.3 Å². The molecular formula is C11H12N3OS2. The second kappa shape index (κ2) is 6.09. The second-order valence-electron chi connectivity index (χ2n) is 3.47. The van der Waals surface area contributed by atoms with E-state index in [1.807, 2.05) is 5.38 Å². The van der Waals surface area contributed by atoms with Crippen LogP contribution in [0.4, 0.5) is 0 Å². The first-order valence-corrected chi connectivity index (χ1v) is 7.53. The van der Waals surface area contributed by atoms with E-state index in [2.05, 4.69) is 27.4 Å². The van der Waals surface area contributed by atoms with Crippen molar-refractivity contribution in [3.8, 4) is 11.4 Å². The van der Waals surface area contributed by atoms with E-state index >= 15 is 0 Å². The standard InChI is InChI=1S/C11H12N3OS2/c1-2-3-4-17(15)11-6-12-5-9(14-11)10-7-16-8-13-10/h5-7H,2-4H2,1H3. The maximum Gasteiger partial charge on any atom is 0.263 e. The molecule has 0 aliphatic heterocycles. The van der Waals surface area contributed by atoms with Crippen molar-refractivity contribution < 1.29 is 4.55 Å². The molecule has 2 rings (SSSR count). The predicted octanol–water partition coefficient (Wildman–Crippen LogP) is 2.31. The van der Waals surface area contributed by atoms with Gasteiger partial charge < -0.3 is 4.55 Å². The molecule has 0 saturated carbocycles. The molecule has 2 heterocycles. The van der Waals surface area contributed by atoms with Crippen LogP contribution >= 0.6 is 11.3 Å². The molecule has 2 aromatic heterocycles. The summed E-state index contributed by atoms with van der Waals surface area (Å²) < 4.78 is 11.9. The molecule has 1 radical (unpaired) electrons. The Balaban J connectivity index is 2.17. The average molecular weight is 266 g/mol. The van der Waals surface area contributed by atoms with Crippen molar-refractivity contribution in [1.29, 1.82) is 0 Å². The molecule has 6 heteroatoms. The Bertz CT molecular complexity index is 461. The predicted molar refractivity (Wildman–Crippen MR) is 68.2 cm³/mol. The van der Waals surface area contributed by atoms with Crippen molar-refractivity contribution in [1.82, 2.24) is 15.0 Å². The van der Waals surface area contributed by atoms with E-state index in [4.69, 9.17) is 0 Å². The lowest BCUT2D eigenvalue weighted by molar-refractivity contribution is 0.587. The quantitative estimate of drug-likeness (QED) is 0.779. The summed E-state index contributed by atoms with van der Waals surface area (Å²) in [5, 5.41) is 2.38. The topological polar surface area (TPSA) is 61.7 Å². The Kier molecular flexibility index (Phi) is 4.47.